The van der Waals surface area contributed by atoms with E-state index in [4.69, 9.17) is 5.73 Å². The molecule has 0 saturated carbocycles. The topological polar surface area (TPSA) is 75.3 Å². The lowest BCUT2D eigenvalue weighted by Crippen LogP contribution is -2.12. The number of nitrogens with two attached hydrogens (primary N) is 1. The predicted molar refractivity (Wildman–Crippen MR) is 75.9 cm³/mol. The molecule has 0 heterocycles. The number of anilines is 2. The number of aliphatic hydroxyl groups excluding tert-OH is 1. The Morgan fingerprint density at radius 1 is 1.21 bits per heavy atom. The molecule has 0 aromatic heterocycles. The van der Waals surface area contributed by atoms with Gasteiger partial charge in [-0.05, 0) is 42.8 Å². The van der Waals surface area contributed by atoms with Gasteiger partial charge in [0.1, 0.15) is 0 Å². The highest BCUT2D eigenvalue weighted by Crippen LogP contribution is 2.18. The van der Waals surface area contributed by atoms with E-state index in [9.17, 15) is 9.90 Å². The molecule has 2 rings (SSSR count). The van der Waals surface area contributed by atoms with Crippen LogP contribution in [0.5, 0.6) is 0 Å². The number of benzene rings is 2. The maximum absolute atomic E-state index is 12.0. The number of hydrogen-bond acceptors (Lipinski definition) is 3. The molecule has 1 amide bonds. The Bertz CT molecular complexity index is 594. The minimum Gasteiger partial charge on any atom is -0.399 e. The maximum atomic E-state index is 12.0. The van der Waals surface area contributed by atoms with Crippen molar-refractivity contribution in [1.82, 2.24) is 0 Å². The fourth-order valence-corrected chi connectivity index (χ4v) is 1.76. The minimum atomic E-state index is -0.566. The summed E-state index contributed by atoms with van der Waals surface area (Å²) in [6.45, 7) is 1.68. The van der Waals surface area contributed by atoms with E-state index in [2.05, 4.69) is 5.32 Å². The van der Waals surface area contributed by atoms with E-state index in [1.165, 1.54) is 0 Å². The van der Waals surface area contributed by atoms with Crippen LogP contribution in [0.4, 0.5) is 11.4 Å². The average molecular weight is 256 g/mol. The third-order valence-corrected chi connectivity index (χ3v) is 2.78. The Morgan fingerprint density at radius 2 is 1.95 bits per heavy atom. The predicted octanol–water partition coefficient (Wildman–Crippen LogP) is 2.57. The van der Waals surface area contributed by atoms with E-state index in [1.807, 2.05) is 0 Å². The summed E-state index contributed by atoms with van der Waals surface area (Å²) in [7, 11) is 0. The van der Waals surface area contributed by atoms with Gasteiger partial charge in [-0.15, -0.1) is 0 Å². The van der Waals surface area contributed by atoms with Crippen molar-refractivity contribution in [2.24, 2.45) is 0 Å². The molecule has 2 aromatic carbocycles. The number of rotatable bonds is 3. The third kappa shape index (κ3) is 3.33. The van der Waals surface area contributed by atoms with Crippen molar-refractivity contribution in [1.29, 1.82) is 0 Å². The summed E-state index contributed by atoms with van der Waals surface area (Å²) >= 11 is 0. The molecule has 0 aliphatic heterocycles. The van der Waals surface area contributed by atoms with Gasteiger partial charge in [-0.3, -0.25) is 4.79 Å². The molecule has 0 aliphatic rings. The van der Waals surface area contributed by atoms with E-state index in [0.717, 1.165) is 5.56 Å². The van der Waals surface area contributed by atoms with Crippen LogP contribution in [0.15, 0.2) is 48.5 Å². The summed E-state index contributed by atoms with van der Waals surface area (Å²) in [6.07, 6.45) is -0.566. The monoisotopic (exact) mass is 256 g/mol. The first-order valence-electron chi connectivity index (χ1n) is 6.01. The van der Waals surface area contributed by atoms with Crippen LogP contribution in [0.2, 0.25) is 0 Å². The molecule has 2 aromatic rings. The molecule has 4 N–H and O–H groups in total. The van der Waals surface area contributed by atoms with Gasteiger partial charge < -0.3 is 16.2 Å². The molecular weight excluding hydrogens is 240 g/mol. The molecular formula is C15H16N2O2. The van der Waals surface area contributed by atoms with E-state index in [1.54, 1.807) is 55.5 Å². The zero-order valence-corrected chi connectivity index (χ0v) is 10.6. The second-order valence-electron chi connectivity index (χ2n) is 4.38. The number of carbonyl (C=O) groups excluding carboxylic acids is 1. The van der Waals surface area contributed by atoms with Gasteiger partial charge in [-0.2, -0.15) is 0 Å². The molecule has 98 valence electrons. The summed E-state index contributed by atoms with van der Waals surface area (Å²) < 4.78 is 0. The molecule has 19 heavy (non-hydrogen) atoms. The van der Waals surface area contributed by atoms with E-state index < -0.39 is 6.10 Å². The van der Waals surface area contributed by atoms with Gasteiger partial charge in [-0.1, -0.05) is 18.2 Å². The Kier molecular flexibility index (Phi) is 3.82. The second kappa shape index (κ2) is 5.54. The maximum Gasteiger partial charge on any atom is 0.255 e. The fourth-order valence-electron chi connectivity index (χ4n) is 1.76. The van der Waals surface area contributed by atoms with Crippen LogP contribution < -0.4 is 11.1 Å². The molecule has 0 saturated heterocycles. The first-order chi connectivity index (χ1) is 9.06. The zero-order valence-electron chi connectivity index (χ0n) is 10.6. The van der Waals surface area contributed by atoms with Crippen LogP contribution in [0.1, 0.15) is 28.9 Å². The highest BCUT2D eigenvalue weighted by atomic mass is 16.3. The number of aliphatic hydroxyl groups is 1. The van der Waals surface area contributed by atoms with Crippen LogP contribution in [0.3, 0.4) is 0 Å². The van der Waals surface area contributed by atoms with Crippen LogP contribution >= 0.6 is 0 Å². The van der Waals surface area contributed by atoms with Gasteiger partial charge in [0, 0.05) is 16.9 Å². The van der Waals surface area contributed by atoms with Crippen LogP contribution in [-0.4, -0.2) is 11.0 Å². The van der Waals surface area contributed by atoms with Crippen molar-refractivity contribution in [3.63, 3.8) is 0 Å². The van der Waals surface area contributed by atoms with Crippen molar-refractivity contribution < 1.29 is 9.90 Å². The van der Waals surface area contributed by atoms with Crippen LogP contribution in [0.25, 0.3) is 0 Å². The highest BCUT2D eigenvalue weighted by Gasteiger charge is 2.07. The van der Waals surface area contributed by atoms with Gasteiger partial charge in [0.25, 0.3) is 5.91 Å². The zero-order chi connectivity index (χ0) is 13.8. The quantitative estimate of drug-likeness (QED) is 0.739. The van der Waals surface area contributed by atoms with Gasteiger partial charge in [-0.25, -0.2) is 0 Å². The van der Waals surface area contributed by atoms with E-state index in [0.29, 0.717) is 16.9 Å². The molecule has 4 nitrogen and oxygen atoms in total. The summed E-state index contributed by atoms with van der Waals surface area (Å²) in [5.41, 5.74) is 8.09. The molecule has 0 aliphatic carbocycles. The molecule has 0 fully saturated rings. The van der Waals surface area contributed by atoms with Gasteiger partial charge in [0.15, 0.2) is 0 Å². The number of hydrogen-bond donors (Lipinski definition) is 3. The molecule has 0 radical (unpaired) electrons. The van der Waals surface area contributed by atoms with Gasteiger partial charge in [0.05, 0.1) is 6.10 Å². The summed E-state index contributed by atoms with van der Waals surface area (Å²) in [5, 5.41) is 12.3. The fraction of sp³-hybridized carbons (Fsp3) is 0.133. The minimum absolute atomic E-state index is 0.227. The molecule has 0 spiro atoms. The summed E-state index contributed by atoms with van der Waals surface area (Å²) in [4.78, 5) is 12.0. The average Bonchev–Trinajstić information content (AvgIpc) is 2.39. The number of nitrogen functional groups attached to an aromatic ring is 1. The van der Waals surface area contributed by atoms with Gasteiger partial charge in [0.2, 0.25) is 0 Å². The Balaban J connectivity index is 2.17. The van der Waals surface area contributed by atoms with E-state index in [-0.39, 0.29) is 5.91 Å². The smallest absolute Gasteiger partial charge is 0.255 e. The van der Waals surface area contributed by atoms with Crippen LogP contribution in [-0.2, 0) is 0 Å². The lowest BCUT2D eigenvalue weighted by Gasteiger charge is -2.09. The molecule has 1 unspecified atom stereocenters. The Hall–Kier alpha value is -2.33. The lowest BCUT2D eigenvalue weighted by atomic mass is 10.1. The number of carbonyl (C=O) groups is 1. The SMILES string of the molecule is CC(O)c1cccc(NC(=O)c2cccc(N)c2)c1. The van der Waals surface area contributed by atoms with Gasteiger partial charge >= 0.3 is 0 Å². The molecule has 0 bridgehead atoms. The van der Waals surface area contributed by atoms with Crippen molar-refractivity contribution >= 4 is 17.3 Å². The lowest BCUT2D eigenvalue weighted by molar-refractivity contribution is 0.102. The largest absolute Gasteiger partial charge is 0.399 e. The Morgan fingerprint density at radius 3 is 2.63 bits per heavy atom. The standard InChI is InChI=1S/C15H16N2O2/c1-10(18)11-4-3-7-14(9-11)17-15(19)12-5-2-6-13(16)8-12/h2-10,18H,16H2,1H3,(H,17,19). The van der Waals surface area contributed by atoms with Crippen molar-refractivity contribution in [2.75, 3.05) is 11.1 Å². The second-order valence-corrected chi connectivity index (χ2v) is 4.38. The van der Waals surface area contributed by atoms with Crippen molar-refractivity contribution in [2.45, 2.75) is 13.0 Å². The summed E-state index contributed by atoms with van der Waals surface area (Å²) in [5.74, 6) is -0.227. The highest BCUT2D eigenvalue weighted by molar-refractivity contribution is 6.04. The number of nitrogens with one attached hydrogen (secondary N) is 1. The third-order valence-electron chi connectivity index (χ3n) is 2.78. The first kappa shape index (κ1) is 13.1. The Labute approximate surface area is 111 Å². The van der Waals surface area contributed by atoms with Crippen molar-refractivity contribution in [3.8, 4) is 0 Å². The summed E-state index contributed by atoms with van der Waals surface area (Å²) in [6, 6.07) is 13.9. The van der Waals surface area contributed by atoms with Crippen LogP contribution in [0, 0.1) is 0 Å². The molecule has 1 atom stereocenters. The number of amides is 1. The molecule has 4 heteroatoms. The van der Waals surface area contributed by atoms with Crippen molar-refractivity contribution in [3.05, 3.63) is 59.7 Å². The normalized spacial score (nSPS) is 11.9. The van der Waals surface area contributed by atoms with E-state index >= 15 is 0 Å². The first-order valence-corrected chi connectivity index (χ1v) is 6.01.